The van der Waals surface area contributed by atoms with E-state index in [0.717, 1.165) is 28.1 Å². The molecule has 26 heavy (non-hydrogen) atoms. The summed E-state index contributed by atoms with van der Waals surface area (Å²) in [4.78, 5) is 23.8. The Hall–Kier alpha value is -1.99. The highest BCUT2D eigenvalue weighted by molar-refractivity contribution is 8.00. The summed E-state index contributed by atoms with van der Waals surface area (Å²) in [7, 11) is 0. The van der Waals surface area contributed by atoms with Crippen molar-refractivity contribution in [1.29, 1.82) is 0 Å². The van der Waals surface area contributed by atoms with E-state index in [1.807, 2.05) is 6.92 Å². The van der Waals surface area contributed by atoms with Crippen LogP contribution in [-0.2, 0) is 17.6 Å². The third kappa shape index (κ3) is 3.46. The second-order valence-corrected chi connectivity index (χ2v) is 8.33. The minimum Gasteiger partial charge on any atom is -0.323 e. The highest BCUT2D eigenvalue weighted by Gasteiger charge is 2.21. The number of thiophene rings is 1. The van der Waals surface area contributed by atoms with E-state index in [2.05, 4.69) is 15.3 Å². The first-order valence-corrected chi connectivity index (χ1v) is 10.4. The molecule has 1 aliphatic carbocycles. The summed E-state index contributed by atoms with van der Waals surface area (Å²) >= 11 is 3.15. The summed E-state index contributed by atoms with van der Waals surface area (Å²) in [6.07, 6.45) is 4.56. The molecule has 1 aromatic carbocycles. The number of anilines is 1. The van der Waals surface area contributed by atoms with Gasteiger partial charge < -0.3 is 5.32 Å². The van der Waals surface area contributed by atoms with Crippen molar-refractivity contribution >= 4 is 44.9 Å². The number of carbonyl (C=O) groups is 1. The molecule has 0 bridgehead atoms. The van der Waals surface area contributed by atoms with E-state index in [-0.39, 0.29) is 17.3 Å². The Labute approximate surface area is 159 Å². The smallest absolute Gasteiger partial charge is 0.234 e. The first-order valence-electron chi connectivity index (χ1n) is 8.58. The molecule has 134 valence electrons. The van der Waals surface area contributed by atoms with Gasteiger partial charge in [-0.1, -0.05) is 23.9 Å². The van der Waals surface area contributed by atoms with Gasteiger partial charge in [-0.25, -0.2) is 14.4 Å². The van der Waals surface area contributed by atoms with Crippen LogP contribution in [-0.4, -0.2) is 21.6 Å². The number of aryl methyl sites for hydroxylation is 3. The second kappa shape index (κ2) is 7.32. The standard InChI is InChI=1S/C19H18FN3OS2/c1-11-21-18(17-12-6-2-5-9-15(12)26-19(17)22-11)25-10-16(24)23-14-8-4-3-7-13(14)20/h3-4,7-8H,2,5-6,9-10H2,1H3,(H,23,24). The molecule has 7 heteroatoms. The molecule has 1 aliphatic rings. The molecular weight excluding hydrogens is 369 g/mol. The molecule has 1 amide bonds. The van der Waals surface area contributed by atoms with Gasteiger partial charge in [0.1, 0.15) is 21.5 Å². The maximum absolute atomic E-state index is 13.7. The molecule has 3 aromatic rings. The number of hydrogen-bond donors (Lipinski definition) is 1. The summed E-state index contributed by atoms with van der Waals surface area (Å²) in [5.74, 6) is 0.226. The summed E-state index contributed by atoms with van der Waals surface area (Å²) in [6, 6.07) is 6.18. The molecule has 2 heterocycles. The van der Waals surface area contributed by atoms with Crippen molar-refractivity contribution < 1.29 is 9.18 Å². The maximum Gasteiger partial charge on any atom is 0.234 e. The van der Waals surface area contributed by atoms with Crippen molar-refractivity contribution in [2.75, 3.05) is 11.1 Å². The van der Waals surface area contributed by atoms with E-state index in [1.165, 1.54) is 41.1 Å². The number of amides is 1. The molecule has 1 N–H and O–H groups in total. The van der Waals surface area contributed by atoms with Crippen LogP contribution in [0.25, 0.3) is 10.2 Å². The zero-order valence-corrected chi connectivity index (χ0v) is 16.0. The number of para-hydroxylation sites is 1. The molecule has 0 spiro atoms. The van der Waals surface area contributed by atoms with Crippen LogP contribution in [0.5, 0.6) is 0 Å². The van der Waals surface area contributed by atoms with Crippen molar-refractivity contribution in [2.45, 2.75) is 37.6 Å². The molecule has 0 aliphatic heterocycles. The lowest BCUT2D eigenvalue weighted by molar-refractivity contribution is -0.113. The van der Waals surface area contributed by atoms with Crippen molar-refractivity contribution in [1.82, 2.24) is 9.97 Å². The number of halogens is 1. The van der Waals surface area contributed by atoms with Gasteiger partial charge >= 0.3 is 0 Å². The quantitative estimate of drug-likeness (QED) is 0.519. The molecule has 2 aromatic heterocycles. The van der Waals surface area contributed by atoms with E-state index in [0.29, 0.717) is 5.82 Å². The van der Waals surface area contributed by atoms with Gasteiger partial charge in [0.15, 0.2) is 0 Å². The number of nitrogens with one attached hydrogen (secondary N) is 1. The summed E-state index contributed by atoms with van der Waals surface area (Å²) in [5, 5.41) is 4.59. The zero-order chi connectivity index (χ0) is 18.1. The van der Waals surface area contributed by atoms with Crippen LogP contribution < -0.4 is 5.32 Å². The molecular formula is C19H18FN3OS2. The van der Waals surface area contributed by atoms with Crippen molar-refractivity contribution in [3.05, 3.63) is 46.3 Å². The van der Waals surface area contributed by atoms with Gasteiger partial charge in [-0.2, -0.15) is 0 Å². The molecule has 0 unspecified atom stereocenters. The molecule has 0 saturated heterocycles. The van der Waals surface area contributed by atoms with Gasteiger partial charge in [0.25, 0.3) is 0 Å². The number of carbonyl (C=O) groups excluding carboxylic acids is 1. The van der Waals surface area contributed by atoms with Gasteiger partial charge in [-0.15, -0.1) is 11.3 Å². The Kier molecular flexibility index (Phi) is 4.91. The lowest BCUT2D eigenvalue weighted by Gasteiger charge is -2.12. The molecule has 4 nitrogen and oxygen atoms in total. The maximum atomic E-state index is 13.7. The van der Waals surface area contributed by atoms with Crippen molar-refractivity contribution in [3.8, 4) is 0 Å². The lowest BCUT2D eigenvalue weighted by atomic mass is 9.97. The Morgan fingerprint density at radius 1 is 1.27 bits per heavy atom. The number of fused-ring (bicyclic) bond motifs is 3. The number of thioether (sulfide) groups is 1. The van der Waals surface area contributed by atoms with E-state index >= 15 is 0 Å². The van der Waals surface area contributed by atoms with E-state index in [1.54, 1.807) is 29.5 Å². The number of hydrogen-bond acceptors (Lipinski definition) is 5. The normalized spacial score (nSPS) is 13.6. The predicted octanol–water partition coefficient (Wildman–Crippen LogP) is 4.75. The van der Waals surface area contributed by atoms with Crippen LogP contribution in [0.4, 0.5) is 10.1 Å². The largest absolute Gasteiger partial charge is 0.323 e. The summed E-state index contributed by atoms with van der Waals surface area (Å²) < 4.78 is 13.7. The number of benzene rings is 1. The molecule has 0 radical (unpaired) electrons. The fourth-order valence-corrected chi connectivity index (χ4v) is 5.49. The minimum absolute atomic E-state index is 0.185. The van der Waals surface area contributed by atoms with E-state index in [9.17, 15) is 9.18 Å². The van der Waals surface area contributed by atoms with Crippen molar-refractivity contribution in [3.63, 3.8) is 0 Å². The highest BCUT2D eigenvalue weighted by atomic mass is 32.2. The van der Waals surface area contributed by atoms with E-state index in [4.69, 9.17) is 0 Å². The van der Waals surface area contributed by atoms with Gasteiger partial charge in [0, 0.05) is 10.3 Å². The predicted molar refractivity (Wildman–Crippen MR) is 105 cm³/mol. The fraction of sp³-hybridized carbons (Fsp3) is 0.316. The third-order valence-corrected chi connectivity index (χ3v) is 6.54. The Morgan fingerprint density at radius 2 is 2.08 bits per heavy atom. The van der Waals surface area contributed by atoms with Crippen LogP contribution in [0, 0.1) is 12.7 Å². The molecule has 0 atom stereocenters. The SMILES string of the molecule is Cc1nc(SCC(=O)Nc2ccccc2F)c2c3c(sc2n1)CCCC3. The molecule has 4 rings (SSSR count). The first-order chi connectivity index (χ1) is 12.6. The summed E-state index contributed by atoms with van der Waals surface area (Å²) in [5.41, 5.74) is 1.56. The number of rotatable bonds is 4. The third-order valence-electron chi connectivity index (χ3n) is 4.38. The number of aromatic nitrogens is 2. The van der Waals surface area contributed by atoms with Crippen molar-refractivity contribution in [2.24, 2.45) is 0 Å². The number of nitrogens with zero attached hydrogens (tertiary/aromatic N) is 2. The van der Waals surface area contributed by atoms with Gasteiger partial charge in [-0.3, -0.25) is 4.79 Å². The second-order valence-electron chi connectivity index (χ2n) is 6.28. The Balaban J connectivity index is 1.56. The average molecular weight is 388 g/mol. The Morgan fingerprint density at radius 3 is 2.92 bits per heavy atom. The van der Waals surface area contributed by atoms with Crippen LogP contribution >= 0.6 is 23.1 Å². The first kappa shape index (κ1) is 17.4. The molecule has 0 fully saturated rings. The van der Waals surface area contributed by atoms with Crippen LogP contribution in [0.1, 0.15) is 29.1 Å². The molecule has 0 saturated carbocycles. The van der Waals surface area contributed by atoms with Gasteiger partial charge in [-0.05, 0) is 50.3 Å². The Bertz CT molecular complexity index is 986. The van der Waals surface area contributed by atoms with Crippen LogP contribution in [0.15, 0.2) is 29.3 Å². The topological polar surface area (TPSA) is 54.9 Å². The van der Waals surface area contributed by atoms with Crippen LogP contribution in [0.3, 0.4) is 0 Å². The van der Waals surface area contributed by atoms with Gasteiger partial charge in [0.2, 0.25) is 5.91 Å². The minimum atomic E-state index is -0.432. The van der Waals surface area contributed by atoms with Crippen LogP contribution in [0.2, 0.25) is 0 Å². The fourth-order valence-electron chi connectivity index (χ4n) is 3.21. The summed E-state index contributed by atoms with van der Waals surface area (Å²) in [6.45, 7) is 1.88. The highest BCUT2D eigenvalue weighted by Crippen LogP contribution is 2.39. The monoisotopic (exact) mass is 387 g/mol. The average Bonchev–Trinajstić information content (AvgIpc) is 2.99. The zero-order valence-electron chi connectivity index (χ0n) is 14.3. The van der Waals surface area contributed by atoms with Gasteiger partial charge in [0.05, 0.1) is 11.4 Å². The van der Waals surface area contributed by atoms with E-state index < -0.39 is 5.82 Å². The lowest BCUT2D eigenvalue weighted by Crippen LogP contribution is -2.15.